The van der Waals surface area contributed by atoms with Crippen LogP contribution in [0.1, 0.15) is 31.2 Å². The van der Waals surface area contributed by atoms with Gasteiger partial charge in [0.25, 0.3) is 0 Å². The molecule has 1 saturated carbocycles. The highest BCUT2D eigenvalue weighted by Gasteiger charge is 2.38. The van der Waals surface area contributed by atoms with E-state index in [0.29, 0.717) is 17.9 Å². The second-order valence-corrected chi connectivity index (χ2v) is 4.59. The molecule has 0 radical (unpaired) electrons. The number of ether oxygens (including phenoxy) is 1. The molecule has 3 heteroatoms. The van der Waals surface area contributed by atoms with E-state index >= 15 is 0 Å². The first-order valence-electron chi connectivity index (χ1n) is 5.80. The highest BCUT2D eigenvalue weighted by molar-refractivity contribution is 5.29. The van der Waals surface area contributed by atoms with Crippen LogP contribution >= 0.6 is 0 Å². The third kappa shape index (κ3) is 2.19. The van der Waals surface area contributed by atoms with Gasteiger partial charge in [0.2, 0.25) is 0 Å². The van der Waals surface area contributed by atoms with Crippen LogP contribution in [0.3, 0.4) is 0 Å². The molecule has 0 heterocycles. The van der Waals surface area contributed by atoms with Gasteiger partial charge in [-0.25, -0.2) is 4.39 Å². The summed E-state index contributed by atoms with van der Waals surface area (Å²) in [7, 11) is 0. The Morgan fingerprint density at radius 1 is 1.44 bits per heavy atom. The molecule has 2 N–H and O–H groups in total. The van der Waals surface area contributed by atoms with Crippen molar-refractivity contribution in [2.45, 2.75) is 38.2 Å². The zero-order valence-electron chi connectivity index (χ0n) is 9.63. The van der Waals surface area contributed by atoms with Crippen molar-refractivity contribution in [2.24, 2.45) is 5.73 Å². The molecule has 0 atom stereocenters. The van der Waals surface area contributed by atoms with Gasteiger partial charge in [-0.1, -0.05) is 6.07 Å². The molecule has 1 fully saturated rings. The lowest BCUT2D eigenvalue weighted by atomic mass is 9.77. The Morgan fingerprint density at radius 3 is 2.69 bits per heavy atom. The lowest BCUT2D eigenvalue weighted by Crippen LogP contribution is -2.44. The van der Waals surface area contributed by atoms with Crippen LogP contribution in [-0.2, 0) is 0 Å². The maximum Gasteiger partial charge on any atom is 0.129 e. The molecule has 0 saturated heterocycles. The highest BCUT2D eigenvalue weighted by atomic mass is 19.1. The standard InChI is InChI=1S/C13H18FNO/c1-10-3-4-11(9-12(10)14)16-13(7-8-15)5-2-6-13/h3-4,9H,2,5-8,15H2,1H3. The van der Waals surface area contributed by atoms with Crippen LogP contribution in [0.4, 0.5) is 4.39 Å². The third-order valence-corrected chi connectivity index (χ3v) is 3.34. The van der Waals surface area contributed by atoms with Gasteiger partial charge in [-0.3, -0.25) is 0 Å². The third-order valence-electron chi connectivity index (χ3n) is 3.34. The van der Waals surface area contributed by atoms with Gasteiger partial charge < -0.3 is 10.5 Å². The van der Waals surface area contributed by atoms with Crippen LogP contribution in [0.15, 0.2) is 18.2 Å². The first-order valence-corrected chi connectivity index (χ1v) is 5.80. The number of hydrogen-bond acceptors (Lipinski definition) is 2. The van der Waals surface area contributed by atoms with E-state index in [2.05, 4.69) is 0 Å². The van der Waals surface area contributed by atoms with Crippen molar-refractivity contribution >= 4 is 0 Å². The summed E-state index contributed by atoms with van der Waals surface area (Å²) < 4.78 is 19.3. The average molecular weight is 223 g/mol. The minimum absolute atomic E-state index is 0.129. The van der Waals surface area contributed by atoms with Crippen molar-refractivity contribution < 1.29 is 9.13 Å². The smallest absolute Gasteiger partial charge is 0.129 e. The summed E-state index contributed by atoms with van der Waals surface area (Å²) in [5.74, 6) is 0.413. The maximum atomic E-state index is 13.4. The van der Waals surface area contributed by atoms with Gasteiger partial charge in [0.15, 0.2) is 0 Å². The van der Waals surface area contributed by atoms with Crippen LogP contribution in [0, 0.1) is 12.7 Å². The van der Waals surface area contributed by atoms with Gasteiger partial charge in [0.1, 0.15) is 17.2 Å². The zero-order chi connectivity index (χ0) is 11.6. The van der Waals surface area contributed by atoms with Crippen molar-refractivity contribution in [3.63, 3.8) is 0 Å². The molecule has 88 valence electrons. The SMILES string of the molecule is Cc1ccc(OC2(CCN)CCC2)cc1F. The first kappa shape index (κ1) is 11.4. The summed E-state index contributed by atoms with van der Waals surface area (Å²) in [6.45, 7) is 2.37. The lowest BCUT2D eigenvalue weighted by Gasteiger charge is -2.41. The Labute approximate surface area is 95.6 Å². The van der Waals surface area contributed by atoms with Gasteiger partial charge in [0, 0.05) is 6.07 Å². The predicted molar refractivity (Wildman–Crippen MR) is 62.0 cm³/mol. The first-order chi connectivity index (χ1) is 7.65. The molecule has 16 heavy (non-hydrogen) atoms. The Bertz CT molecular complexity index is 374. The molecule has 0 unspecified atom stereocenters. The van der Waals surface area contributed by atoms with E-state index in [4.69, 9.17) is 10.5 Å². The normalized spacial score (nSPS) is 17.9. The van der Waals surface area contributed by atoms with Crippen molar-refractivity contribution in [1.29, 1.82) is 0 Å². The van der Waals surface area contributed by atoms with Gasteiger partial charge in [-0.2, -0.15) is 0 Å². The molecule has 1 aliphatic carbocycles. The topological polar surface area (TPSA) is 35.2 Å². The average Bonchev–Trinajstić information content (AvgIpc) is 2.20. The van der Waals surface area contributed by atoms with E-state index in [0.717, 1.165) is 19.3 Å². The molecular formula is C13H18FNO. The fourth-order valence-corrected chi connectivity index (χ4v) is 2.12. The number of aryl methyl sites for hydroxylation is 1. The molecule has 2 nitrogen and oxygen atoms in total. The van der Waals surface area contributed by atoms with E-state index in [9.17, 15) is 4.39 Å². The summed E-state index contributed by atoms with van der Waals surface area (Å²) in [6.07, 6.45) is 4.08. The predicted octanol–water partition coefficient (Wildman–Crippen LogP) is 2.78. The molecule has 0 spiro atoms. The number of nitrogens with two attached hydrogens (primary N) is 1. The van der Waals surface area contributed by atoms with Crippen molar-refractivity contribution in [3.05, 3.63) is 29.6 Å². The highest BCUT2D eigenvalue weighted by Crippen LogP contribution is 2.39. The minimum atomic E-state index is -0.209. The fraction of sp³-hybridized carbons (Fsp3) is 0.538. The Morgan fingerprint density at radius 2 is 2.19 bits per heavy atom. The minimum Gasteiger partial charge on any atom is -0.487 e. The summed E-state index contributed by atoms with van der Waals surface area (Å²) in [6, 6.07) is 5.04. The molecule has 0 amide bonds. The van der Waals surface area contributed by atoms with Crippen LogP contribution in [0.5, 0.6) is 5.75 Å². The Hall–Kier alpha value is -1.09. The van der Waals surface area contributed by atoms with E-state index in [1.165, 1.54) is 12.5 Å². The number of hydrogen-bond donors (Lipinski definition) is 1. The van der Waals surface area contributed by atoms with Gasteiger partial charge in [-0.15, -0.1) is 0 Å². The largest absolute Gasteiger partial charge is 0.487 e. The summed E-state index contributed by atoms with van der Waals surface area (Å²) in [5, 5.41) is 0. The number of benzene rings is 1. The molecule has 2 rings (SSSR count). The van der Waals surface area contributed by atoms with E-state index < -0.39 is 0 Å². The Kier molecular flexibility index (Phi) is 3.15. The van der Waals surface area contributed by atoms with Crippen molar-refractivity contribution in [3.8, 4) is 5.75 Å². The second kappa shape index (κ2) is 4.42. The molecular weight excluding hydrogens is 205 g/mol. The van der Waals surface area contributed by atoms with Crippen molar-refractivity contribution in [1.82, 2.24) is 0 Å². The molecule has 1 aromatic rings. The summed E-state index contributed by atoms with van der Waals surface area (Å²) in [4.78, 5) is 0. The monoisotopic (exact) mass is 223 g/mol. The quantitative estimate of drug-likeness (QED) is 0.851. The summed E-state index contributed by atoms with van der Waals surface area (Å²) in [5.41, 5.74) is 6.10. The molecule has 0 aromatic heterocycles. The molecule has 1 aromatic carbocycles. The molecule has 1 aliphatic rings. The number of rotatable bonds is 4. The second-order valence-electron chi connectivity index (χ2n) is 4.59. The molecule has 0 bridgehead atoms. The fourth-order valence-electron chi connectivity index (χ4n) is 2.12. The van der Waals surface area contributed by atoms with Crippen LogP contribution < -0.4 is 10.5 Å². The number of halogens is 1. The van der Waals surface area contributed by atoms with E-state index in [-0.39, 0.29) is 11.4 Å². The summed E-state index contributed by atoms with van der Waals surface area (Å²) >= 11 is 0. The van der Waals surface area contributed by atoms with Crippen LogP contribution in [0.25, 0.3) is 0 Å². The van der Waals surface area contributed by atoms with Gasteiger partial charge in [0.05, 0.1) is 0 Å². The zero-order valence-corrected chi connectivity index (χ0v) is 9.63. The van der Waals surface area contributed by atoms with Crippen LogP contribution in [0.2, 0.25) is 0 Å². The lowest BCUT2D eigenvalue weighted by molar-refractivity contribution is -0.0127. The molecule has 0 aliphatic heterocycles. The van der Waals surface area contributed by atoms with Gasteiger partial charge in [-0.05, 0) is 50.8 Å². The Balaban J connectivity index is 2.10. The maximum absolute atomic E-state index is 13.4. The van der Waals surface area contributed by atoms with Gasteiger partial charge >= 0.3 is 0 Å². The van der Waals surface area contributed by atoms with Crippen LogP contribution in [-0.4, -0.2) is 12.1 Å². The van der Waals surface area contributed by atoms with E-state index in [1.807, 2.05) is 6.07 Å². The van der Waals surface area contributed by atoms with E-state index in [1.54, 1.807) is 13.0 Å². The van der Waals surface area contributed by atoms with Crippen molar-refractivity contribution in [2.75, 3.05) is 6.54 Å².